The molecule has 0 saturated carbocycles. The van der Waals surface area contributed by atoms with E-state index in [4.69, 9.17) is 4.74 Å². The number of ether oxygens (including phenoxy) is 1. The highest BCUT2D eigenvalue weighted by molar-refractivity contribution is 7.89. The molecule has 1 aliphatic heterocycles. The summed E-state index contributed by atoms with van der Waals surface area (Å²) in [5, 5.41) is 0. The summed E-state index contributed by atoms with van der Waals surface area (Å²) < 4.78 is 33.3. The smallest absolute Gasteiger partial charge is 0.253 e. The number of carbonyl (C=O) groups excluding carboxylic acids is 1. The van der Waals surface area contributed by atoms with Crippen LogP contribution in [0.15, 0.2) is 47.4 Å². The standard InChI is InChI=1S/C21H26N2O4S/c1-16-15-20(17(2)14-19(16)27-3)28(25,26)23-11-7-10-22(12-13-23)21(24)18-8-5-4-6-9-18/h4-6,8-9,14-15H,7,10-13H2,1-3H3. The Morgan fingerprint density at radius 2 is 1.68 bits per heavy atom. The summed E-state index contributed by atoms with van der Waals surface area (Å²) >= 11 is 0. The van der Waals surface area contributed by atoms with E-state index in [0.717, 1.165) is 5.56 Å². The van der Waals surface area contributed by atoms with Crippen molar-refractivity contribution < 1.29 is 17.9 Å². The average molecular weight is 403 g/mol. The number of sulfonamides is 1. The number of methoxy groups -OCH3 is 1. The van der Waals surface area contributed by atoms with E-state index in [9.17, 15) is 13.2 Å². The predicted octanol–water partition coefficient (Wildman–Crippen LogP) is 2.85. The van der Waals surface area contributed by atoms with Gasteiger partial charge in [0, 0.05) is 31.7 Å². The summed E-state index contributed by atoms with van der Waals surface area (Å²) in [6, 6.07) is 12.5. The van der Waals surface area contributed by atoms with Crippen LogP contribution >= 0.6 is 0 Å². The SMILES string of the molecule is COc1cc(C)c(S(=O)(=O)N2CCCN(C(=O)c3ccccc3)CC2)cc1C. The summed E-state index contributed by atoms with van der Waals surface area (Å²) in [5.74, 6) is 0.614. The van der Waals surface area contributed by atoms with Gasteiger partial charge in [0.05, 0.1) is 12.0 Å². The average Bonchev–Trinajstić information content (AvgIpc) is 2.96. The molecule has 1 fully saturated rings. The lowest BCUT2D eigenvalue weighted by molar-refractivity contribution is 0.0764. The van der Waals surface area contributed by atoms with Gasteiger partial charge < -0.3 is 9.64 Å². The van der Waals surface area contributed by atoms with Gasteiger partial charge in [0.2, 0.25) is 10.0 Å². The van der Waals surface area contributed by atoms with Crippen molar-refractivity contribution in [3.8, 4) is 5.75 Å². The molecule has 150 valence electrons. The van der Waals surface area contributed by atoms with E-state index in [-0.39, 0.29) is 12.5 Å². The quantitative estimate of drug-likeness (QED) is 0.789. The molecule has 1 amide bonds. The van der Waals surface area contributed by atoms with E-state index in [1.807, 2.05) is 25.1 Å². The van der Waals surface area contributed by atoms with Crippen molar-refractivity contribution >= 4 is 15.9 Å². The molecule has 1 heterocycles. The fourth-order valence-electron chi connectivity index (χ4n) is 3.50. The zero-order valence-corrected chi connectivity index (χ0v) is 17.3. The van der Waals surface area contributed by atoms with Gasteiger partial charge in [-0.05, 0) is 55.7 Å². The van der Waals surface area contributed by atoms with Crippen LogP contribution in [-0.2, 0) is 10.0 Å². The molecule has 1 saturated heterocycles. The molecule has 28 heavy (non-hydrogen) atoms. The van der Waals surface area contributed by atoms with Gasteiger partial charge in [0.25, 0.3) is 5.91 Å². The van der Waals surface area contributed by atoms with Crippen LogP contribution in [-0.4, -0.2) is 56.8 Å². The van der Waals surface area contributed by atoms with Gasteiger partial charge in [-0.1, -0.05) is 18.2 Å². The first-order valence-electron chi connectivity index (χ1n) is 9.34. The Morgan fingerprint density at radius 3 is 2.36 bits per heavy atom. The van der Waals surface area contributed by atoms with Crippen molar-refractivity contribution in [1.82, 2.24) is 9.21 Å². The molecule has 6 nitrogen and oxygen atoms in total. The van der Waals surface area contributed by atoms with Crippen LogP contribution < -0.4 is 4.74 Å². The molecule has 0 aliphatic carbocycles. The fourth-order valence-corrected chi connectivity index (χ4v) is 5.26. The molecule has 0 atom stereocenters. The Balaban J connectivity index is 1.80. The van der Waals surface area contributed by atoms with Crippen LogP contribution in [0.25, 0.3) is 0 Å². The van der Waals surface area contributed by atoms with Crippen LogP contribution in [0.5, 0.6) is 5.75 Å². The molecule has 1 aliphatic rings. The zero-order valence-electron chi connectivity index (χ0n) is 16.5. The third-order valence-corrected chi connectivity index (χ3v) is 7.11. The third-order valence-electron chi connectivity index (χ3n) is 5.07. The number of carbonyl (C=O) groups is 1. The largest absolute Gasteiger partial charge is 0.496 e. The number of rotatable bonds is 4. The summed E-state index contributed by atoms with van der Waals surface area (Å²) in [6.45, 7) is 5.20. The molecule has 7 heteroatoms. The second-order valence-corrected chi connectivity index (χ2v) is 8.91. The van der Waals surface area contributed by atoms with Crippen LogP contribution in [0.3, 0.4) is 0 Å². The number of aryl methyl sites for hydroxylation is 2. The lowest BCUT2D eigenvalue weighted by Crippen LogP contribution is -2.37. The second kappa shape index (κ2) is 8.32. The molecule has 0 radical (unpaired) electrons. The van der Waals surface area contributed by atoms with Gasteiger partial charge in [-0.15, -0.1) is 0 Å². The highest BCUT2D eigenvalue weighted by atomic mass is 32.2. The monoisotopic (exact) mass is 402 g/mol. The Bertz CT molecular complexity index is 958. The van der Waals surface area contributed by atoms with E-state index >= 15 is 0 Å². The summed E-state index contributed by atoms with van der Waals surface area (Å²) in [6.07, 6.45) is 0.603. The van der Waals surface area contributed by atoms with Gasteiger partial charge in [0.1, 0.15) is 5.75 Å². The molecule has 2 aromatic rings. The Kier molecular flexibility index (Phi) is 6.05. The highest BCUT2D eigenvalue weighted by Gasteiger charge is 2.30. The number of benzene rings is 2. The molecular formula is C21H26N2O4S. The van der Waals surface area contributed by atoms with Crippen molar-refractivity contribution in [1.29, 1.82) is 0 Å². The first-order chi connectivity index (χ1) is 13.3. The molecule has 0 unspecified atom stereocenters. The highest BCUT2D eigenvalue weighted by Crippen LogP contribution is 2.28. The van der Waals surface area contributed by atoms with Gasteiger partial charge in [-0.25, -0.2) is 8.42 Å². The van der Waals surface area contributed by atoms with E-state index in [1.165, 1.54) is 4.31 Å². The fraction of sp³-hybridized carbons (Fsp3) is 0.381. The van der Waals surface area contributed by atoms with E-state index in [0.29, 0.717) is 47.8 Å². The lowest BCUT2D eigenvalue weighted by atomic mass is 10.1. The van der Waals surface area contributed by atoms with Gasteiger partial charge >= 0.3 is 0 Å². The second-order valence-electron chi connectivity index (χ2n) is 7.00. The molecule has 0 bridgehead atoms. The van der Waals surface area contributed by atoms with Crippen LogP contribution in [0.4, 0.5) is 0 Å². The van der Waals surface area contributed by atoms with Crippen molar-refractivity contribution in [3.63, 3.8) is 0 Å². The van der Waals surface area contributed by atoms with Gasteiger partial charge in [-0.3, -0.25) is 4.79 Å². The van der Waals surface area contributed by atoms with Crippen molar-refractivity contribution in [2.45, 2.75) is 25.2 Å². The summed E-state index contributed by atoms with van der Waals surface area (Å²) in [5.41, 5.74) is 2.06. The molecular weight excluding hydrogens is 376 g/mol. The third kappa shape index (κ3) is 4.05. The number of nitrogens with zero attached hydrogens (tertiary/aromatic N) is 2. The van der Waals surface area contributed by atoms with Crippen LogP contribution in [0, 0.1) is 13.8 Å². The Hall–Kier alpha value is -2.38. The molecule has 2 aromatic carbocycles. The summed E-state index contributed by atoms with van der Waals surface area (Å²) in [4.78, 5) is 14.7. The first kappa shape index (κ1) is 20.4. The van der Waals surface area contributed by atoms with Crippen molar-refractivity contribution in [2.75, 3.05) is 33.3 Å². The van der Waals surface area contributed by atoms with Gasteiger partial charge in [-0.2, -0.15) is 4.31 Å². The number of amides is 1. The first-order valence-corrected chi connectivity index (χ1v) is 10.8. The normalized spacial score (nSPS) is 15.9. The minimum absolute atomic E-state index is 0.0590. The molecule has 0 N–H and O–H groups in total. The number of hydrogen-bond donors (Lipinski definition) is 0. The van der Waals surface area contributed by atoms with E-state index < -0.39 is 10.0 Å². The van der Waals surface area contributed by atoms with Crippen LogP contribution in [0.2, 0.25) is 0 Å². The predicted molar refractivity (Wildman–Crippen MR) is 108 cm³/mol. The van der Waals surface area contributed by atoms with E-state index in [1.54, 1.807) is 43.2 Å². The van der Waals surface area contributed by atoms with E-state index in [2.05, 4.69) is 0 Å². The maximum atomic E-state index is 13.2. The van der Waals surface area contributed by atoms with Crippen molar-refractivity contribution in [2.24, 2.45) is 0 Å². The number of hydrogen-bond acceptors (Lipinski definition) is 4. The van der Waals surface area contributed by atoms with Crippen molar-refractivity contribution in [3.05, 3.63) is 59.2 Å². The van der Waals surface area contributed by atoms with Gasteiger partial charge in [0.15, 0.2) is 0 Å². The maximum absolute atomic E-state index is 13.2. The summed E-state index contributed by atoms with van der Waals surface area (Å²) in [7, 11) is -2.06. The minimum atomic E-state index is -3.64. The maximum Gasteiger partial charge on any atom is 0.253 e. The van der Waals surface area contributed by atoms with Crippen LogP contribution in [0.1, 0.15) is 27.9 Å². The minimum Gasteiger partial charge on any atom is -0.496 e. The zero-order chi connectivity index (χ0) is 20.3. The molecule has 0 spiro atoms. The molecule has 3 rings (SSSR count). The Labute approximate surface area is 166 Å². The molecule has 0 aromatic heterocycles. The Morgan fingerprint density at radius 1 is 0.964 bits per heavy atom. The lowest BCUT2D eigenvalue weighted by Gasteiger charge is -2.23. The topological polar surface area (TPSA) is 66.9 Å².